The molecule has 4 heteroatoms. The lowest BCUT2D eigenvalue weighted by atomic mass is 9.90. The largest absolute Gasteiger partial charge is 0.478 e. The molecule has 0 aliphatic carbocycles. The quantitative estimate of drug-likeness (QED) is 0.782. The van der Waals surface area contributed by atoms with Crippen LogP contribution in [0.2, 0.25) is 0 Å². The Hall–Kier alpha value is -2.33. The molecule has 0 fully saturated rings. The number of rotatable bonds is 2. The highest BCUT2D eigenvalue weighted by Crippen LogP contribution is 2.37. The Bertz CT molecular complexity index is 637. The fourth-order valence-electron chi connectivity index (χ4n) is 2.66. The topological polar surface area (TPSA) is 75.4 Å². The number of carboxylic acid groups (broad SMARTS) is 1. The molecule has 4 nitrogen and oxygen atoms in total. The molecule has 0 saturated carbocycles. The first-order valence-electron chi connectivity index (χ1n) is 6.59. The maximum Gasteiger partial charge on any atom is 0.335 e. The van der Waals surface area contributed by atoms with E-state index in [2.05, 4.69) is 5.32 Å². The van der Waals surface area contributed by atoms with Crippen LogP contribution in [-0.4, -0.2) is 11.1 Å². The average molecular weight is 268 g/mol. The number of carboxylic acids is 1. The standard InChI is InChI=1S/C16H16N2O2/c17-13-9-15(18-14-4-2-1-3-12(13)14)10-5-7-11(8-6-10)16(19)20/h1-8,13,15,18H,9,17H2,(H,19,20)/t13-,15-/m0/s1. The Morgan fingerprint density at radius 1 is 1.15 bits per heavy atom. The van der Waals surface area contributed by atoms with Gasteiger partial charge in [-0.25, -0.2) is 4.79 Å². The molecule has 102 valence electrons. The van der Waals surface area contributed by atoms with Gasteiger partial charge in [0.05, 0.1) is 11.6 Å². The Labute approximate surface area is 117 Å². The minimum atomic E-state index is -0.907. The van der Waals surface area contributed by atoms with Crippen molar-refractivity contribution >= 4 is 11.7 Å². The SMILES string of the molecule is N[C@H]1C[C@@H](c2ccc(C(=O)O)cc2)Nc2ccccc21. The molecule has 1 aliphatic heterocycles. The number of benzene rings is 2. The summed E-state index contributed by atoms with van der Waals surface area (Å²) in [6.07, 6.45) is 0.795. The van der Waals surface area contributed by atoms with Gasteiger partial charge in [0.15, 0.2) is 0 Å². The lowest BCUT2D eigenvalue weighted by Gasteiger charge is -2.31. The molecule has 0 radical (unpaired) electrons. The molecular formula is C16H16N2O2. The minimum Gasteiger partial charge on any atom is -0.478 e. The number of anilines is 1. The zero-order chi connectivity index (χ0) is 14.1. The summed E-state index contributed by atoms with van der Waals surface area (Å²) in [5, 5.41) is 12.4. The maximum atomic E-state index is 10.9. The van der Waals surface area contributed by atoms with Crippen LogP contribution in [0.15, 0.2) is 48.5 Å². The zero-order valence-electron chi connectivity index (χ0n) is 10.9. The summed E-state index contributed by atoms with van der Waals surface area (Å²) in [5.41, 5.74) is 9.76. The molecular weight excluding hydrogens is 252 g/mol. The van der Waals surface area contributed by atoms with Crippen molar-refractivity contribution in [1.29, 1.82) is 0 Å². The highest BCUT2D eigenvalue weighted by molar-refractivity contribution is 5.87. The Morgan fingerprint density at radius 3 is 2.55 bits per heavy atom. The second-order valence-corrected chi connectivity index (χ2v) is 5.05. The lowest BCUT2D eigenvalue weighted by molar-refractivity contribution is 0.0697. The molecule has 2 atom stereocenters. The molecule has 1 aliphatic rings. The minimum absolute atomic E-state index is 0.00315. The van der Waals surface area contributed by atoms with Gasteiger partial charge in [-0.15, -0.1) is 0 Å². The fraction of sp³-hybridized carbons (Fsp3) is 0.188. The number of fused-ring (bicyclic) bond motifs is 1. The van der Waals surface area contributed by atoms with Crippen molar-refractivity contribution in [1.82, 2.24) is 0 Å². The number of nitrogens with two attached hydrogens (primary N) is 1. The van der Waals surface area contributed by atoms with Crippen molar-refractivity contribution in [3.8, 4) is 0 Å². The van der Waals surface area contributed by atoms with Gasteiger partial charge in [0.1, 0.15) is 0 Å². The van der Waals surface area contributed by atoms with Crippen LogP contribution >= 0.6 is 0 Å². The second-order valence-electron chi connectivity index (χ2n) is 5.05. The van der Waals surface area contributed by atoms with Gasteiger partial charge in [-0.05, 0) is 35.7 Å². The van der Waals surface area contributed by atoms with Gasteiger partial charge in [0.2, 0.25) is 0 Å². The molecule has 2 aromatic carbocycles. The van der Waals surface area contributed by atoms with Crippen molar-refractivity contribution in [2.24, 2.45) is 5.73 Å². The molecule has 0 bridgehead atoms. The van der Waals surface area contributed by atoms with E-state index in [-0.39, 0.29) is 12.1 Å². The van der Waals surface area contributed by atoms with Crippen LogP contribution in [0.4, 0.5) is 5.69 Å². The normalized spacial score (nSPS) is 20.9. The predicted molar refractivity (Wildman–Crippen MR) is 77.8 cm³/mol. The number of aromatic carboxylic acids is 1. The Morgan fingerprint density at radius 2 is 1.85 bits per heavy atom. The van der Waals surface area contributed by atoms with Gasteiger partial charge in [-0.1, -0.05) is 30.3 Å². The van der Waals surface area contributed by atoms with E-state index in [9.17, 15) is 4.79 Å². The van der Waals surface area contributed by atoms with Gasteiger partial charge >= 0.3 is 5.97 Å². The van der Waals surface area contributed by atoms with Crippen molar-refractivity contribution < 1.29 is 9.90 Å². The van der Waals surface area contributed by atoms with Crippen LogP contribution in [0.1, 0.15) is 40.0 Å². The number of hydrogen-bond acceptors (Lipinski definition) is 3. The summed E-state index contributed by atoms with van der Waals surface area (Å²) >= 11 is 0. The van der Waals surface area contributed by atoms with Gasteiger partial charge in [-0.2, -0.15) is 0 Å². The Kier molecular flexibility index (Phi) is 3.16. The smallest absolute Gasteiger partial charge is 0.335 e. The maximum absolute atomic E-state index is 10.9. The number of carbonyl (C=O) groups is 1. The van der Waals surface area contributed by atoms with Gasteiger partial charge in [-0.3, -0.25) is 0 Å². The lowest BCUT2D eigenvalue weighted by Crippen LogP contribution is -2.26. The molecule has 2 aromatic rings. The van der Waals surface area contributed by atoms with E-state index in [1.807, 2.05) is 36.4 Å². The van der Waals surface area contributed by atoms with Gasteiger partial charge in [0.25, 0.3) is 0 Å². The molecule has 0 spiro atoms. The monoisotopic (exact) mass is 268 g/mol. The first-order valence-corrected chi connectivity index (χ1v) is 6.59. The predicted octanol–water partition coefficient (Wildman–Crippen LogP) is 2.94. The third kappa shape index (κ3) is 2.26. The summed E-state index contributed by atoms with van der Waals surface area (Å²) in [5.74, 6) is -0.907. The molecule has 0 saturated heterocycles. The Balaban J connectivity index is 1.88. The van der Waals surface area contributed by atoms with Crippen molar-refractivity contribution in [2.75, 3.05) is 5.32 Å². The van der Waals surface area contributed by atoms with E-state index >= 15 is 0 Å². The summed E-state index contributed by atoms with van der Waals surface area (Å²) in [6.45, 7) is 0. The van der Waals surface area contributed by atoms with E-state index in [0.717, 1.165) is 23.2 Å². The molecule has 0 unspecified atom stereocenters. The van der Waals surface area contributed by atoms with Crippen LogP contribution in [0.3, 0.4) is 0 Å². The van der Waals surface area contributed by atoms with Crippen molar-refractivity contribution in [2.45, 2.75) is 18.5 Å². The van der Waals surface area contributed by atoms with Gasteiger partial charge < -0.3 is 16.2 Å². The van der Waals surface area contributed by atoms with Crippen molar-refractivity contribution in [3.05, 3.63) is 65.2 Å². The highest BCUT2D eigenvalue weighted by Gasteiger charge is 2.24. The van der Waals surface area contributed by atoms with E-state index < -0.39 is 5.97 Å². The first-order chi connectivity index (χ1) is 9.65. The van der Waals surface area contributed by atoms with Crippen LogP contribution in [0.5, 0.6) is 0 Å². The summed E-state index contributed by atoms with van der Waals surface area (Å²) in [4.78, 5) is 10.9. The van der Waals surface area contributed by atoms with Crippen LogP contribution < -0.4 is 11.1 Å². The van der Waals surface area contributed by atoms with E-state index in [0.29, 0.717) is 5.56 Å². The van der Waals surface area contributed by atoms with Gasteiger partial charge in [0, 0.05) is 11.7 Å². The molecule has 20 heavy (non-hydrogen) atoms. The molecule has 3 rings (SSSR count). The van der Waals surface area contributed by atoms with Crippen LogP contribution in [0, 0.1) is 0 Å². The third-order valence-electron chi connectivity index (χ3n) is 3.74. The summed E-state index contributed by atoms with van der Waals surface area (Å²) < 4.78 is 0. The highest BCUT2D eigenvalue weighted by atomic mass is 16.4. The van der Waals surface area contributed by atoms with E-state index in [1.165, 1.54) is 0 Å². The van der Waals surface area contributed by atoms with E-state index in [4.69, 9.17) is 10.8 Å². The summed E-state index contributed by atoms with van der Waals surface area (Å²) in [6, 6.07) is 15.1. The van der Waals surface area contributed by atoms with Crippen LogP contribution in [0.25, 0.3) is 0 Å². The third-order valence-corrected chi connectivity index (χ3v) is 3.74. The number of hydrogen-bond donors (Lipinski definition) is 3. The molecule has 0 amide bonds. The first kappa shape index (κ1) is 12.7. The fourth-order valence-corrected chi connectivity index (χ4v) is 2.66. The molecule has 4 N–H and O–H groups in total. The van der Waals surface area contributed by atoms with E-state index in [1.54, 1.807) is 12.1 Å². The zero-order valence-corrected chi connectivity index (χ0v) is 10.9. The number of nitrogens with one attached hydrogen (secondary N) is 1. The van der Waals surface area contributed by atoms with Crippen molar-refractivity contribution in [3.63, 3.8) is 0 Å². The molecule has 0 aromatic heterocycles. The molecule has 1 heterocycles. The number of para-hydroxylation sites is 1. The average Bonchev–Trinajstić information content (AvgIpc) is 2.47. The second kappa shape index (κ2) is 4.98. The summed E-state index contributed by atoms with van der Waals surface area (Å²) in [7, 11) is 0. The van der Waals surface area contributed by atoms with Crippen LogP contribution in [-0.2, 0) is 0 Å².